The lowest BCUT2D eigenvalue weighted by molar-refractivity contribution is -0.117. The summed E-state index contributed by atoms with van der Waals surface area (Å²) in [4.78, 5) is 26.5. The van der Waals surface area contributed by atoms with E-state index in [1.165, 1.54) is 24.8 Å². The molecule has 0 unspecified atom stereocenters. The van der Waals surface area contributed by atoms with E-state index < -0.39 is 11.9 Å². The second-order valence-electron chi connectivity index (χ2n) is 7.65. The maximum atomic E-state index is 13.5. The quantitative estimate of drug-likeness (QED) is 0.486. The van der Waals surface area contributed by atoms with Crippen LogP contribution in [0.25, 0.3) is 5.69 Å². The van der Waals surface area contributed by atoms with Gasteiger partial charge in [0, 0.05) is 5.69 Å². The highest BCUT2D eigenvalue weighted by Gasteiger charge is 2.20. The highest BCUT2D eigenvalue weighted by Crippen LogP contribution is 2.24. The minimum Gasteiger partial charge on any atom is -0.467 e. The zero-order valence-corrected chi connectivity index (χ0v) is 18.8. The zero-order chi connectivity index (χ0) is 23.0. The molecule has 0 saturated carbocycles. The number of carbonyl (C=O) groups is 2. The number of benzene rings is 1. The van der Waals surface area contributed by atoms with Gasteiger partial charge in [0.15, 0.2) is 11.0 Å². The number of likely N-dealkylation sites (tertiary alicyclic amines) is 1. The first-order valence-electron chi connectivity index (χ1n) is 10.7. The summed E-state index contributed by atoms with van der Waals surface area (Å²) >= 11 is 1.16. The number of piperidine rings is 1. The van der Waals surface area contributed by atoms with Crippen LogP contribution in [0.1, 0.15) is 30.8 Å². The number of hydrogen-bond acceptors (Lipinski definition) is 7. The van der Waals surface area contributed by atoms with Gasteiger partial charge >= 0.3 is 6.03 Å². The molecule has 0 atom stereocenters. The minimum absolute atomic E-state index is 0.0305. The van der Waals surface area contributed by atoms with Crippen LogP contribution in [0, 0.1) is 5.82 Å². The molecule has 1 aliphatic heterocycles. The normalized spacial score (nSPS) is 14.2. The van der Waals surface area contributed by atoms with Crippen LogP contribution in [0.3, 0.4) is 0 Å². The fourth-order valence-corrected chi connectivity index (χ4v) is 4.35. The summed E-state index contributed by atoms with van der Waals surface area (Å²) in [6, 6.07) is 8.90. The number of imide groups is 1. The number of urea groups is 1. The summed E-state index contributed by atoms with van der Waals surface area (Å²) in [5, 5.41) is 13.9. The van der Waals surface area contributed by atoms with Gasteiger partial charge in [-0.05, 0) is 62.3 Å². The molecule has 174 valence electrons. The molecule has 2 aromatic heterocycles. The average molecular weight is 473 g/mol. The first kappa shape index (κ1) is 23.0. The van der Waals surface area contributed by atoms with Crippen LogP contribution >= 0.6 is 11.8 Å². The number of carbonyl (C=O) groups excluding carboxylic acids is 2. The summed E-state index contributed by atoms with van der Waals surface area (Å²) < 4.78 is 20.5. The number of aromatic nitrogens is 3. The second-order valence-corrected chi connectivity index (χ2v) is 8.59. The Morgan fingerprint density at radius 3 is 2.61 bits per heavy atom. The molecule has 0 bridgehead atoms. The van der Waals surface area contributed by atoms with Crippen molar-refractivity contribution in [1.29, 1.82) is 0 Å². The van der Waals surface area contributed by atoms with Crippen LogP contribution in [-0.4, -0.2) is 50.4 Å². The maximum absolute atomic E-state index is 13.5. The SMILES string of the molecule is O=C(CSc1nnc(CN2CCCCC2)n1-c1ccc(F)cc1)NC(=O)NCc1ccco1. The van der Waals surface area contributed by atoms with Crippen molar-refractivity contribution in [1.82, 2.24) is 30.3 Å². The Labute approximate surface area is 194 Å². The Hall–Kier alpha value is -3.18. The second kappa shape index (κ2) is 11.1. The summed E-state index contributed by atoms with van der Waals surface area (Å²) in [6.07, 6.45) is 5.03. The standard InChI is InChI=1S/C22H25FN6O3S/c23-16-6-8-17(9-7-16)29-19(14-28-10-2-1-3-11-28)26-27-22(29)33-15-20(30)25-21(31)24-13-18-5-4-12-32-18/h4-9,12H,1-3,10-11,13-15H2,(H2,24,25,30,31). The molecule has 0 aliphatic carbocycles. The molecule has 4 rings (SSSR count). The Morgan fingerprint density at radius 2 is 1.88 bits per heavy atom. The molecule has 0 radical (unpaired) electrons. The van der Waals surface area contributed by atoms with Crippen molar-refractivity contribution in [3.05, 3.63) is 60.1 Å². The van der Waals surface area contributed by atoms with Crippen molar-refractivity contribution in [2.45, 2.75) is 37.5 Å². The average Bonchev–Trinajstić information content (AvgIpc) is 3.48. The van der Waals surface area contributed by atoms with Crippen molar-refractivity contribution in [3.63, 3.8) is 0 Å². The van der Waals surface area contributed by atoms with Gasteiger partial charge in [0.05, 0.1) is 25.1 Å². The minimum atomic E-state index is -0.609. The first-order valence-corrected chi connectivity index (χ1v) is 11.7. The van der Waals surface area contributed by atoms with Crippen LogP contribution in [0.2, 0.25) is 0 Å². The van der Waals surface area contributed by atoms with E-state index in [1.54, 1.807) is 24.3 Å². The largest absolute Gasteiger partial charge is 0.467 e. The van der Waals surface area contributed by atoms with Crippen molar-refractivity contribution in [3.8, 4) is 5.69 Å². The topological polar surface area (TPSA) is 105 Å². The van der Waals surface area contributed by atoms with Crippen molar-refractivity contribution >= 4 is 23.7 Å². The molecule has 3 amide bonds. The third-order valence-electron chi connectivity index (χ3n) is 5.19. The Kier molecular flexibility index (Phi) is 7.74. The number of hydrogen-bond donors (Lipinski definition) is 2. The third kappa shape index (κ3) is 6.42. The number of amides is 3. The number of rotatable bonds is 8. The Bertz CT molecular complexity index is 1060. The number of nitrogens with zero attached hydrogens (tertiary/aromatic N) is 4. The van der Waals surface area contributed by atoms with Crippen LogP contribution in [0.4, 0.5) is 9.18 Å². The Morgan fingerprint density at radius 1 is 1.09 bits per heavy atom. The van der Waals surface area contributed by atoms with Crippen molar-refractivity contribution < 1.29 is 18.4 Å². The fraction of sp³-hybridized carbons (Fsp3) is 0.364. The number of furan rings is 1. The van der Waals surface area contributed by atoms with E-state index in [0.29, 0.717) is 23.1 Å². The van der Waals surface area contributed by atoms with Gasteiger partial charge < -0.3 is 9.73 Å². The van der Waals surface area contributed by atoms with Gasteiger partial charge in [0.1, 0.15) is 11.6 Å². The molecule has 3 aromatic rings. The van der Waals surface area contributed by atoms with Gasteiger partial charge in [0.2, 0.25) is 5.91 Å². The molecular weight excluding hydrogens is 447 g/mol. The lowest BCUT2D eigenvalue weighted by Crippen LogP contribution is -2.39. The van der Waals surface area contributed by atoms with Gasteiger partial charge in [-0.1, -0.05) is 18.2 Å². The zero-order valence-electron chi connectivity index (χ0n) is 18.0. The fourth-order valence-electron chi connectivity index (χ4n) is 3.58. The summed E-state index contributed by atoms with van der Waals surface area (Å²) in [7, 11) is 0. The molecule has 1 aromatic carbocycles. The van der Waals surface area contributed by atoms with Crippen molar-refractivity contribution in [2.24, 2.45) is 0 Å². The monoisotopic (exact) mass is 472 g/mol. The third-order valence-corrected chi connectivity index (χ3v) is 6.12. The van der Waals surface area contributed by atoms with Crippen LogP contribution in [0.5, 0.6) is 0 Å². The lowest BCUT2D eigenvalue weighted by Gasteiger charge is -2.26. The molecule has 3 heterocycles. The van der Waals surface area contributed by atoms with Gasteiger partial charge in [-0.15, -0.1) is 10.2 Å². The molecule has 1 fully saturated rings. The van der Waals surface area contributed by atoms with E-state index in [-0.39, 0.29) is 18.1 Å². The van der Waals surface area contributed by atoms with E-state index in [9.17, 15) is 14.0 Å². The lowest BCUT2D eigenvalue weighted by atomic mass is 10.1. The summed E-state index contributed by atoms with van der Waals surface area (Å²) in [5.74, 6) is 0.474. The number of thioether (sulfide) groups is 1. The first-order chi connectivity index (χ1) is 16.1. The summed E-state index contributed by atoms with van der Waals surface area (Å²) in [5.41, 5.74) is 0.715. The van der Waals surface area contributed by atoms with Crippen LogP contribution in [-0.2, 0) is 17.9 Å². The molecule has 11 heteroatoms. The Balaban J connectivity index is 1.40. The maximum Gasteiger partial charge on any atom is 0.321 e. The molecule has 9 nitrogen and oxygen atoms in total. The molecule has 1 aliphatic rings. The molecule has 0 spiro atoms. The van der Waals surface area contributed by atoms with E-state index in [0.717, 1.165) is 43.5 Å². The van der Waals surface area contributed by atoms with E-state index in [4.69, 9.17) is 4.42 Å². The van der Waals surface area contributed by atoms with Gasteiger partial charge in [-0.3, -0.25) is 19.6 Å². The number of nitrogens with one attached hydrogen (secondary N) is 2. The smallest absolute Gasteiger partial charge is 0.321 e. The van der Waals surface area contributed by atoms with E-state index in [2.05, 4.69) is 25.7 Å². The molecule has 2 N–H and O–H groups in total. The molecule has 1 saturated heterocycles. The van der Waals surface area contributed by atoms with Crippen LogP contribution < -0.4 is 10.6 Å². The van der Waals surface area contributed by atoms with Crippen molar-refractivity contribution in [2.75, 3.05) is 18.8 Å². The predicted octanol–water partition coefficient (Wildman–Crippen LogP) is 3.10. The van der Waals surface area contributed by atoms with Crippen LogP contribution in [0.15, 0.2) is 52.2 Å². The van der Waals surface area contributed by atoms with E-state index >= 15 is 0 Å². The molecular formula is C22H25FN6O3S. The van der Waals surface area contributed by atoms with Gasteiger partial charge in [-0.2, -0.15) is 0 Å². The highest BCUT2D eigenvalue weighted by atomic mass is 32.2. The number of halogens is 1. The van der Waals surface area contributed by atoms with Gasteiger partial charge in [-0.25, -0.2) is 9.18 Å². The predicted molar refractivity (Wildman–Crippen MR) is 120 cm³/mol. The van der Waals surface area contributed by atoms with Gasteiger partial charge in [0.25, 0.3) is 0 Å². The highest BCUT2D eigenvalue weighted by molar-refractivity contribution is 7.99. The summed E-state index contributed by atoms with van der Waals surface area (Å²) in [6.45, 7) is 2.78. The molecule has 33 heavy (non-hydrogen) atoms. The van der Waals surface area contributed by atoms with E-state index in [1.807, 2.05) is 4.57 Å².